The van der Waals surface area contributed by atoms with Gasteiger partial charge in [0.05, 0.1) is 0 Å². The number of aliphatic hydroxyl groups is 1. The van der Waals surface area contributed by atoms with Gasteiger partial charge in [0.15, 0.2) is 0 Å². The summed E-state index contributed by atoms with van der Waals surface area (Å²) in [7, 11) is 0. The molecular weight excluding hydrogens is 445 g/mol. The van der Waals surface area contributed by atoms with Gasteiger partial charge in [-0.1, -0.05) is 27.5 Å². The highest BCUT2D eigenvalue weighted by atomic mass is 127. The fourth-order valence-electron chi connectivity index (χ4n) is 1.78. The largest absolute Gasteiger partial charge is 0.384 e. The smallest absolute Gasteiger partial charge is 0.127 e. The van der Waals surface area contributed by atoms with Crippen LogP contribution < -0.4 is 0 Å². The molecule has 0 spiro atoms. The van der Waals surface area contributed by atoms with Gasteiger partial charge >= 0.3 is 0 Å². The Morgan fingerprint density at radius 2 is 1.95 bits per heavy atom. The Balaban J connectivity index is 2.52. The Bertz CT molecular complexity index is 633. The normalized spacial score (nSPS) is 12.5. The number of aliphatic hydroxyl groups excluding tert-OH is 1. The van der Waals surface area contributed by atoms with Gasteiger partial charge in [-0.2, -0.15) is 0 Å². The molecule has 0 aliphatic carbocycles. The standard InChI is InChI=1S/C14H10BrClFIO/c1-7-4-10(12(16)6-13(7)17)14(19)9-5-8(18)2-3-11(9)15/h2-6,14,19H,1H3. The molecule has 0 aromatic heterocycles. The summed E-state index contributed by atoms with van der Waals surface area (Å²) in [6.45, 7) is 1.64. The minimum atomic E-state index is -0.893. The maximum atomic E-state index is 13.4. The van der Waals surface area contributed by atoms with E-state index in [0.29, 0.717) is 16.7 Å². The summed E-state index contributed by atoms with van der Waals surface area (Å²) in [5, 5.41) is 10.7. The summed E-state index contributed by atoms with van der Waals surface area (Å²) in [5.41, 5.74) is 1.67. The quantitative estimate of drug-likeness (QED) is 0.615. The van der Waals surface area contributed by atoms with Gasteiger partial charge in [0, 0.05) is 24.2 Å². The molecule has 1 atom stereocenters. The predicted octanol–water partition coefficient (Wildman–Crippen LogP) is 5.24. The van der Waals surface area contributed by atoms with Crippen LogP contribution in [0.4, 0.5) is 4.39 Å². The summed E-state index contributed by atoms with van der Waals surface area (Å²) in [6.07, 6.45) is -0.893. The molecule has 100 valence electrons. The number of benzene rings is 2. The van der Waals surface area contributed by atoms with Crippen LogP contribution in [-0.4, -0.2) is 5.11 Å². The van der Waals surface area contributed by atoms with Gasteiger partial charge in [0.1, 0.15) is 11.9 Å². The third kappa shape index (κ3) is 3.29. The van der Waals surface area contributed by atoms with Crippen molar-refractivity contribution in [2.45, 2.75) is 13.0 Å². The van der Waals surface area contributed by atoms with Crippen molar-refractivity contribution in [3.8, 4) is 0 Å². The molecule has 0 saturated heterocycles. The molecule has 0 amide bonds. The van der Waals surface area contributed by atoms with Crippen LogP contribution in [0.25, 0.3) is 0 Å². The fourth-order valence-corrected chi connectivity index (χ4v) is 3.01. The van der Waals surface area contributed by atoms with Gasteiger partial charge in [-0.25, -0.2) is 4.39 Å². The van der Waals surface area contributed by atoms with E-state index in [4.69, 9.17) is 11.6 Å². The molecule has 0 fully saturated rings. The number of hydrogen-bond acceptors (Lipinski definition) is 1. The van der Waals surface area contributed by atoms with E-state index in [2.05, 4.69) is 38.5 Å². The lowest BCUT2D eigenvalue weighted by atomic mass is 10.00. The predicted molar refractivity (Wildman–Crippen MR) is 87.1 cm³/mol. The lowest BCUT2D eigenvalue weighted by Crippen LogP contribution is -2.03. The van der Waals surface area contributed by atoms with E-state index < -0.39 is 6.10 Å². The molecule has 0 radical (unpaired) electrons. The Hall–Kier alpha value is -0.170. The summed E-state index contributed by atoms with van der Waals surface area (Å²) in [5.74, 6) is -0.373. The van der Waals surface area contributed by atoms with E-state index in [0.717, 1.165) is 8.04 Å². The lowest BCUT2D eigenvalue weighted by molar-refractivity contribution is 0.219. The van der Waals surface area contributed by atoms with E-state index in [9.17, 15) is 9.50 Å². The van der Waals surface area contributed by atoms with Crippen molar-refractivity contribution in [3.05, 3.63) is 65.9 Å². The summed E-state index contributed by atoms with van der Waals surface area (Å²) >= 11 is 11.6. The highest BCUT2D eigenvalue weighted by Gasteiger charge is 2.18. The van der Waals surface area contributed by atoms with E-state index in [1.807, 2.05) is 18.2 Å². The first-order valence-electron chi connectivity index (χ1n) is 5.48. The minimum absolute atomic E-state index is 0.223. The molecule has 1 unspecified atom stereocenters. The number of halogens is 4. The van der Waals surface area contributed by atoms with E-state index >= 15 is 0 Å². The van der Waals surface area contributed by atoms with Crippen molar-refractivity contribution in [2.24, 2.45) is 0 Å². The zero-order valence-corrected chi connectivity index (χ0v) is 14.4. The van der Waals surface area contributed by atoms with Crippen molar-refractivity contribution >= 4 is 50.1 Å². The van der Waals surface area contributed by atoms with Crippen LogP contribution in [0.3, 0.4) is 0 Å². The van der Waals surface area contributed by atoms with Gasteiger partial charge in [-0.15, -0.1) is 0 Å². The fraction of sp³-hybridized carbons (Fsp3) is 0.143. The highest BCUT2D eigenvalue weighted by molar-refractivity contribution is 14.1. The molecule has 0 heterocycles. The summed E-state index contributed by atoms with van der Waals surface area (Å²) < 4.78 is 15.2. The zero-order chi connectivity index (χ0) is 14.2. The van der Waals surface area contributed by atoms with Crippen LogP contribution in [0.5, 0.6) is 0 Å². The maximum absolute atomic E-state index is 13.4. The summed E-state index contributed by atoms with van der Waals surface area (Å²) in [6, 6.07) is 8.47. The van der Waals surface area contributed by atoms with Crippen molar-refractivity contribution in [3.63, 3.8) is 0 Å². The molecule has 1 nitrogen and oxygen atoms in total. The van der Waals surface area contributed by atoms with E-state index in [-0.39, 0.29) is 10.8 Å². The average molecular weight is 455 g/mol. The molecule has 0 aliphatic rings. The maximum Gasteiger partial charge on any atom is 0.127 e. The Kier molecular flexibility index (Phi) is 4.87. The first kappa shape index (κ1) is 15.2. The molecular formula is C14H10BrClFIO. The second-order valence-electron chi connectivity index (χ2n) is 4.19. The van der Waals surface area contributed by atoms with Crippen LogP contribution in [0, 0.1) is 16.3 Å². The molecule has 0 aliphatic heterocycles. The molecule has 2 aromatic carbocycles. The zero-order valence-electron chi connectivity index (χ0n) is 9.92. The van der Waals surface area contributed by atoms with Gasteiger partial charge in [0.2, 0.25) is 0 Å². The topological polar surface area (TPSA) is 20.2 Å². The van der Waals surface area contributed by atoms with Crippen molar-refractivity contribution in [1.29, 1.82) is 0 Å². The molecule has 19 heavy (non-hydrogen) atoms. The number of aryl methyl sites for hydroxylation is 1. The number of hydrogen-bond donors (Lipinski definition) is 1. The minimum Gasteiger partial charge on any atom is -0.384 e. The van der Waals surface area contributed by atoms with Crippen LogP contribution in [0.1, 0.15) is 22.8 Å². The monoisotopic (exact) mass is 454 g/mol. The number of rotatable bonds is 2. The van der Waals surface area contributed by atoms with Crippen LogP contribution >= 0.6 is 50.1 Å². The third-order valence-electron chi connectivity index (χ3n) is 2.83. The van der Waals surface area contributed by atoms with Gasteiger partial charge in [0.25, 0.3) is 0 Å². The highest BCUT2D eigenvalue weighted by Crippen LogP contribution is 2.34. The Labute approximate surface area is 138 Å². The molecule has 0 saturated carbocycles. The van der Waals surface area contributed by atoms with Crippen molar-refractivity contribution < 1.29 is 9.50 Å². The molecule has 2 aromatic rings. The molecule has 0 bridgehead atoms. The Morgan fingerprint density at radius 3 is 2.63 bits per heavy atom. The second-order valence-corrected chi connectivity index (χ2v) is 6.70. The molecule has 2 rings (SSSR count). The van der Waals surface area contributed by atoms with Crippen molar-refractivity contribution in [1.82, 2.24) is 0 Å². The van der Waals surface area contributed by atoms with Gasteiger partial charge < -0.3 is 5.11 Å². The van der Waals surface area contributed by atoms with Crippen LogP contribution in [-0.2, 0) is 0 Å². The summed E-state index contributed by atoms with van der Waals surface area (Å²) in [4.78, 5) is 0. The van der Waals surface area contributed by atoms with Gasteiger partial charge in [-0.3, -0.25) is 0 Å². The van der Waals surface area contributed by atoms with Crippen molar-refractivity contribution in [2.75, 3.05) is 0 Å². The first-order chi connectivity index (χ1) is 8.90. The lowest BCUT2D eigenvalue weighted by Gasteiger charge is -2.16. The first-order valence-corrected chi connectivity index (χ1v) is 7.73. The van der Waals surface area contributed by atoms with Crippen LogP contribution in [0.15, 0.2) is 34.8 Å². The van der Waals surface area contributed by atoms with E-state index in [1.54, 1.807) is 13.0 Å². The molecule has 5 heteroatoms. The average Bonchev–Trinajstić information content (AvgIpc) is 2.36. The third-order valence-corrected chi connectivity index (χ3v) is 4.55. The van der Waals surface area contributed by atoms with Gasteiger partial charge in [-0.05, 0) is 65.4 Å². The van der Waals surface area contributed by atoms with Crippen LogP contribution in [0.2, 0.25) is 5.02 Å². The SMILES string of the molecule is Cc1cc(C(O)c2cc(I)ccc2Br)c(Cl)cc1F. The van der Waals surface area contributed by atoms with E-state index in [1.165, 1.54) is 6.07 Å². The second kappa shape index (κ2) is 6.08. The Morgan fingerprint density at radius 1 is 1.26 bits per heavy atom. The molecule has 1 N–H and O–H groups in total.